The lowest BCUT2D eigenvalue weighted by Gasteiger charge is -2.21. The highest BCUT2D eigenvalue weighted by atomic mass is 32.1. The molecular weight excluding hydrogens is 362 g/mol. The van der Waals surface area contributed by atoms with Crippen molar-refractivity contribution >= 4 is 28.8 Å². The summed E-state index contributed by atoms with van der Waals surface area (Å²) in [7, 11) is 1.61. The van der Waals surface area contributed by atoms with Crippen molar-refractivity contribution in [1.29, 1.82) is 0 Å². The molecule has 2 aromatic heterocycles. The molecule has 3 aromatic rings. The Morgan fingerprint density at radius 3 is 2.81 bits per heavy atom. The highest BCUT2D eigenvalue weighted by Gasteiger charge is 2.21. The third-order valence-electron chi connectivity index (χ3n) is 4.10. The molecule has 140 valence electrons. The Bertz CT molecular complexity index is 935. The van der Waals surface area contributed by atoms with Gasteiger partial charge in [-0.2, -0.15) is 5.10 Å². The van der Waals surface area contributed by atoms with E-state index in [-0.39, 0.29) is 18.4 Å². The second-order valence-electron chi connectivity index (χ2n) is 6.24. The lowest BCUT2D eigenvalue weighted by Crippen LogP contribution is -2.38. The second kappa shape index (κ2) is 8.13. The smallest absolute Gasteiger partial charge is 0.247 e. The highest BCUT2D eigenvalue weighted by molar-refractivity contribution is 7.09. The standard InChI is InChI=1S/C19H21N5O2S/c1-13(24-9-5-8-20-24)19(26)23(3)11-18(25)22-16-7-4-6-15(10-16)17-12-27-14(2)21-17/h4-10,12-13H,11H2,1-3H3,(H,22,25). The fraction of sp³-hybridized carbons (Fsp3) is 0.263. The normalized spacial score (nSPS) is 11.8. The highest BCUT2D eigenvalue weighted by Crippen LogP contribution is 2.24. The number of amides is 2. The predicted molar refractivity (Wildman–Crippen MR) is 105 cm³/mol. The molecule has 3 rings (SSSR count). The van der Waals surface area contributed by atoms with Crippen LogP contribution in [0.2, 0.25) is 0 Å². The van der Waals surface area contributed by atoms with Crippen LogP contribution in [-0.4, -0.2) is 45.1 Å². The van der Waals surface area contributed by atoms with E-state index in [2.05, 4.69) is 15.4 Å². The van der Waals surface area contributed by atoms with Gasteiger partial charge in [-0.3, -0.25) is 14.3 Å². The first-order valence-corrected chi connectivity index (χ1v) is 9.38. The van der Waals surface area contributed by atoms with Gasteiger partial charge in [-0.1, -0.05) is 12.1 Å². The second-order valence-corrected chi connectivity index (χ2v) is 7.30. The molecule has 0 bridgehead atoms. The summed E-state index contributed by atoms with van der Waals surface area (Å²) in [6.07, 6.45) is 3.34. The summed E-state index contributed by atoms with van der Waals surface area (Å²) in [5, 5.41) is 9.89. The maximum atomic E-state index is 12.4. The van der Waals surface area contributed by atoms with E-state index in [9.17, 15) is 9.59 Å². The fourth-order valence-electron chi connectivity index (χ4n) is 2.69. The molecule has 0 saturated carbocycles. The topological polar surface area (TPSA) is 80.1 Å². The molecule has 0 spiro atoms. The Labute approximate surface area is 161 Å². The van der Waals surface area contributed by atoms with Crippen molar-refractivity contribution < 1.29 is 9.59 Å². The Kier molecular flexibility index (Phi) is 5.66. The number of rotatable bonds is 6. The van der Waals surface area contributed by atoms with Crippen molar-refractivity contribution in [1.82, 2.24) is 19.7 Å². The summed E-state index contributed by atoms with van der Waals surface area (Å²) < 4.78 is 1.57. The molecule has 0 saturated heterocycles. The summed E-state index contributed by atoms with van der Waals surface area (Å²) in [4.78, 5) is 30.7. The molecule has 2 amide bonds. The molecule has 8 heteroatoms. The van der Waals surface area contributed by atoms with E-state index in [1.54, 1.807) is 48.5 Å². The number of thiazole rings is 1. The van der Waals surface area contributed by atoms with Gasteiger partial charge >= 0.3 is 0 Å². The van der Waals surface area contributed by atoms with Crippen molar-refractivity contribution in [2.24, 2.45) is 0 Å². The monoisotopic (exact) mass is 383 g/mol. The molecule has 0 aliphatic rings. The van der Waals surface area contributed by atoms with Crippen molar-refractivity contribution in [3.8, 4) is 11.3 Å². The number of likely N-dealkylation sites (N-methyl/N-ethyl adjacent to an activating group) is 1. The number of anilines is 1. The van der Waals surface area contributed by atoms with Crippen LogP contribution in [0.15, 0.2) is 48.1 Å². The van der Waals surface area contributed by atoms with Gasteiger partial charge in [0.1, 0.15) is 6.04 Å². The minimum Gasteiger partial charge on any atom is -0.335 e. The van der Waals surface area contributed by atoms with Crippen LogP contribution >= 0.6 is 11.3 Å². The Morgan fingerprint density at radius 2 is 2.15 bits per heavy atom. The zero-order valence-corrected chi connectivity index (χ0v) is 16.2. The van der Waals surface area contributed by atoms with Gasteiger partial charge in [-0.05, 0) is 32.0 Å². The average molecular weight is 383 g/mol. The molecule has 1 aromatic carbocycles. The summed E-state index contributed by atoms with van der Waals surface area (Å²) in [5.74, 6) is -0.439. The largest absolute Gasteiger partial charge is 0.335 e. The maximum Gasteiger partial charge on any atom is 0.247 e. The van der Waals surface area contributed by atoms with Gasteiger partial charge in [0.05, 0.1) is 17.2 Å². The first kappa shape index (κ1) is 18.8. The van der Waals surface area contributed by atoms with Crippen LogP contribution in [0, 0.1) is 6.92 Å². The van der Waals surface area contributed by atoms with E-state index in [4.69, 9.17) is 0 Å². The molecule has 1 atom stereocenters. The number of aromatic nitrogens is 3. The molecule has 7 nitrogen and oxygen atoms in total. The van der Waals surface area contributed by atoms with Crippen LogP contribution in [0.3, 0.4) is 0 Å². The van der Waals surface area contributed by atoms with Crippen molar-refractivity contribution in [3.63, 3.8) is 0 Å². The summed E-state index contributed by atoms with van der Waals surface area (Å²) in [6, 6.07) is 8.80. The van der Waals surface area contributed by atoms with Crippen LogP contribution < -0.4 is 5.32 Å². The van der Waals surface area contributed by atoms with E-state index in [0.29, 0.717) is 5.69 Å². The number of carbonyl (C=O) groups is 2. The van der Waals surface area contributed by atoms with Crippen molar-refractivity contribution in [3.05, 3.63) is 53.1 Å². The maximum absolute atomic E-state index is 12.4. The van der Waals surface area contributed by atoms with Crippen LogP contribution in [0.25, 0.3) is 11.3 Å². The molecule has 1 N–H and O–H groups in total. The molecule has 0 aliphatic heterocycles. The minimum atomic E-state index is -0.464. The van der Waals surface area contributed by atoms with Crippen LogP contribution in [0.1, 0.15) is 18.0 Å². The molecule has 27 heavy (non-hydrogen) atoms. The van der Waals surface area contributed by atoms with Gasteiger partial charge in [0.15, 0.2) is 0 Å². The number of hydrogen-bond donors (Lipinski definition) is 1. The van der Waals surface area contributed by atoms with E-state index in [1.165, 1.54) is 4.90 Å². The Balaban J connectivity index is 1.61. The predicted octanol–water partition coefficient (Wildman–Crippen LogP) is 2.97. The van der Waals surface area contributed by atoms with Crippen LogP contribution in [0.4, 0.5) is 5.69 Å². The average Bonchev–Trinajstić information content (AvgIpc) is 3.32. The number of nitrogens with zero attached hydrogens (tertiary/aromatic N) is 4. The molecule has 0 fully saturated rings. The third-order valence-corrected chi connectivity index (χ3v) is 4.87. The number of nitrogens with one attached hydrogen (secondary N) is 1. The molecule has 0 radical (unpaired) electrons. The molecule has 2 heterocycles. The zero-order valence-electron chi connectivity index (χ0n) is 15.4. The first-order valence-electron chi connectivity index (χ1n) is 8.50. The number of carbonyl (C=O) groups excluding carboxylic acids is 2. The summed E-state index contributed by atoms with van der Waals surface area (Å²) in [6.45, 7) is 3.67. The Morgan fingerprint density at radius 1 is 1.33 bits per heavy atom. The number of benzene rings is 1. The van der Waals surface area contributed by atoms with E-state index in [1.807, 2.05) is 36.6 Å². The number of hydrogen-bond acceptors (Lipinski definition) is 5. The van der Waals surface area contributed by atoms with Gasteiger partial charge in [-0.15, -0.1) is 11.3 Å². The first-order chi connectivity index (χ1) is 12.9. The van der Waals surface area contributed by atoms with Crippen molar-refractivity contribution in [2.75, 3.05) is 18.9 Å². The molecular formula is C19H21N5O2S. The third kappa shape index (κ3) is 4.59. The summed E-state index contributed by atoms with van der Waals surface area (Å²) in [5.41, 5.74) is 2.49. The lowest BCUT2D eigenvalue weighted by atomic mass is 10.1. The zero-order chi connectivity index (χ0) is 19.4. The molecule has 0 aliphatic carbocycles. The van der Waals surface area contributed by atoms with E-state index >= 15 is 0 Å². The molecule has 1 unspecified atom stereocenters. The van der Waals surface area contributed by atoms with E-state index in [0.717, 1.165) is 16.3 Å². The summed E-state index contributed by atoms with van der Waals surface area (Å²) >= 11 is 1.58. The minimum absolute atomic E-state index is 0.0372. The van der Waals surface area contributed by atoms with Crippen LogP contribution in [0.5, 0.6) is 0 Å². The van der Waals surface area contributed by atoms with Gasteiger partial charge < -0.3 is 10.2 Å². The number of aryl methyl sites for hydroxylation is 1. The van der Waals surface area contributed by atoms with Crippen molar-refractivity contribution in [2.45, 2.75) is 19.9 Å². The van der Waals surface area contributed by atoms with E-state index < -0.39 is 6.04 Å². The van der Waals surface area contributed by atoms with Gasteiger partial charge in [0.2, 0.25) is 11.8 Å². The van der Waals surface area contributed by atoms with Crippen LogP contribution in [-0.2, 0) is 9.59 Å². The van der Waals surface area contributed by atoms with Gasteiger partial charge in [-0.25, -0.2) is 4.98 Å². The Hall–Kier alpha value is -3.00. The van der Waals surface area contributed by atoms with Gasteiger partial charge in [0, 0.05) is 36.1 Å². The lowest BCUT2D eigenvalue weighted by molar-refractivity contribution is -0.136. The fourth-order valence-corrected chi connectivity index (χ4v) is 3.31. The quantitative estimate of drug-likeness (QED) is 0.710. The van der Waals surface area contributed by atoms with Gasteiger partial charge in [0.25, 0.3) is 0 Å². The SMILES string of the molecule is Cc1nc(-c2cccc(NC(=O)CN(C)C(=O)C(C)n3cccn3)c2)cs1.